The van der Waals surface area contributed by atoms with Gasteiger partial charge in [0.2, 0.25) is 0 Å². The Balaban J connectivity index is 0.00000108. The lowest BCUT2D eigenvalue weighted by Gasteiger charge is -2.60. The number of nitrogens with one attached hydrogen (secondary N) is 1. The summed E-state index contributed by atoms with van der Waals surface area (Å²) in [4.78, 5) is 0.809. The van der Waals surface area contributed by atoms with Gasteiger partial charge in [-0.05, 0) is 75.7 Å². The van der Waals surface area contributed by atoms with Crippen LogP contribution in [-0.4, -0.2) is 17.9 Å². The third-order valence-corrected chi connectivity index (χ3v) is 7.25. The second kappa shape index (κ2) is 5.02. The van der Waals surface area contributed by atoms with E-state index in [0.29, 0.717) is 11.5 Å². The molecule has 0 aromatic rings. The first-order chi connectivity index (χ1) is 7.63. The molecule has 100 valence electrons. The summed E-state index contributed by atoms with van der Waals surface area (Å²) in [7, 11) is 2.11. The molecule has 0 radical (unpaired) electrons. The lowest BCUT2D eigenvalue weighted by atomic mass is 9.48. The second-order valence-corrected chi connectivity index (χ2v) is 7.75. The van der Waals surface area contributed by atoms with E-state index in [2.05, 4.69) is 35.2 Å². The topological polar surface area (TPSA) is 12.0 Å². The van der Waals surface area contributed by atoms with Crippen molar-refractivity contribution in [3.63, 3.8) is 0 Å². The normalized spacial score (nSPS) is 48.9. The molecule has 4 aliphatic rings. The molecule has 0 heterocycles. The van der Waals surface area contributed by atoms with Crippen molar-refractivity contribution in [3.05, 3.63) is 0 Å². The number of halogens is 2. The molecule has 0 saturated heterocycles. The Bertz CT molecular complexity index is 269. The Hall–Kier alpha value is 0.730. The first-order valence-electron chi connectivity index (χ1n) is 6.94. The molecule has 4 saturated carbocycles. The molecule has 4 bridgehead atoms. The van der Waals surface area contributed by atoms with E-state index in [-0.39, 0.29) is 12.4 Å². The maximum Gasteiger partial charge on any atom is 0.0231 e. The van der Waals surface area contributed by atoms with Crippen molar-refractivity contribution in [2.75, 3.05) is 7.05 Å². The number of rotatable bonds is 3. The van der Waals surface area contributed by atoms with Crippen molar-refractivity contribution in [3.8, 4) is 0 Å². The second-order valence-electron chi connectivity index (χ2n) is 6.77. The lowest BCUT2D eigenvalue weighted by molar-refractivity contribution is -0.0512. The van der Waals surface area contributed by atoms with Gasteiger partial charge in [0.25, 0.3) is 0 Å². The van der Waals surface area contributed by atoms with E-state index in [0.717, 1.165) is 22.6 Å². The molecule has 17 heavy (non-hydrogen) atoms. The van der Waals surface area contributed by atoms with Gasteiger partial charge in [-0.25, -0.2) is 0 Å². The lowest BCUT2D eigenvalue weighted by Crippen LogP contribution is -2.55. The van der Waals surface area contributed by atoms with E-state index in [1.54, 1.807) is 6.42 Å². The molecular weight excluding hydrogens is 298 g/mol. The van der Waals surface area contributed by atoms with E-state index < -0.39 is 0 Å². The molecule has 4 aliphatic carbocycles. The highest BCUT2D eigenvalue weighted by Crippen LogP contribution is 2.63. The summed E-state index contributed by atoms with van der Waals surface area (Å²) in [6.07, 6.45) is 8.96. The van der Waals surface area contributed by atoms with Crippen LogP contribution >= 0.6 is 28.3 Å². The number of hydrogen-bond acceptors (Lipinski definition) is 1. The van der Waals surface area contributed by atoms with E-state index in [9.17, 15) is 0 Å². The number of hydrogen-bond donors (Lipinski definition) is 1. The third-order valence-electron chi connectivity index (χ3n) is 5.53. The van der Waals surface area contributed by atoms with Gasteiger partial charge in [0.1, 0.15) is 0 Å². The van der Waals surface area contributed by atoms with E-state index in [1.165, 1.54) is 32.1 Å². The average Bonchev–Trinajstić information content (AvgIpc) is 2.24. The summed E-state index contributed by atoms with van der Waals surface area (Å²) >= 11 is 4.07. The van der Waals surface area contributed by atoms with Crippen molar-refractivity contribution in [2.24, 2.45) is 23.2 Å². The van der Waals surface area contributed by atoms with Crippen molar-refractivity contribution in [2.45, 2.75) is 56.3 Å². The van der Waals surface area contributed by atoms with Gasteiger partial charge in [0.05, 0.1) is 0 Å². The van der Waals surface area contributed by atoms with E-state index in [1.807, 2.05) is 0 Å². The highest BCUT2D eigenvalue weighted by molar-refractivity contribution is 9.09. The van der Waals surface area contributed by atoms with Crippen molar-refractivity contribution >= 4 is 28.3 Å². The summed E-state index contributed by atoms with van der Waals surface area (Å²) in [5, 5.41) is 3.44. The largest absolute Gasteiger partial charge is 0.317 e. The summed E-state index contributed by atoms with van der Waals surface area (Å²) < 4.78 is 0. The predicted octanol–water partition coefficient (Wildman–Crippen LogP) is 4.00. The Morgan fingerprint density at radius 3 is 2.35 bits per heavy atom. The van der Waals surface area contributed by atoms with Gasteiger partial charge in [-0.2, -0.15) is 0 Å². The van der Waals surface area contributed by atoms with Gasteiger partial charge < -0.3 is 5.32 Å². The van der Waals surface area contributed by atoms with Crippen molar-refractivity contribution in [1.82, 2.24) is 5.32 Å². The van der Waals surface area contributed by atoms with Gasteiger partial charge in [-0.15, -0.1) is 12.4 Å². The molecule has 4 unspecified atom stereocenters. The highest BCUT2D eigenvalue weighted by Gasteiger charge is 2.56. The molecule has 3 heteroatoms. The minimum Gasteiger partial charge on any atom is -0.317 e. The van der Waals surface area contributed by atoms with Crippen LogP contribution in [0.2, 0.25) is 0 Å². The molecule has 4 rings (SSSR count). The molecular formula is C14H25BrClN. The van der Waals surface area contributed by atoms with Crippen molar-refractivity contribution < 1.29 is 0 Å². The Morgan fingerprint density at radius 1 is 1.24 bits per heavy atom. The van der Waals surface area contributed by atoms with Gasteiger partial charge in [0, 0.05) is 10.9 Å². The molecule has 0 spiro atoms. The molecule has 1 nitrogen and oxygen atoms in total. The Kier molecular flexibility index (Phi) is 4.17. The van der Waals surface area contributed by atoms with Gasteiger partial charge >= 0.3 is 0 Å². The maximum absolute atomic E-state index is 4.07. The van der Waals surface area contributed by atoms with Crippen LogP contribution in [0.3, 0.4) is 0 Å². The van der Waals surface area contributed by atoms with Crippen LogP contribution in [0, 0.1) is 23.2 Å². The Morgan fingerprint density at radius 2 is 1.82 bits per heavy atom. The summed E-state index contributed by atoms with van der Waals surface area (Å²) in [5.74, 6) is 3.13. The fraction of sp³-hybridized carbons (Fsp3) is 1.00. The fourth-order valence-corrected chi connectivity index (χ4v) is 6.13. The van der Waals surface area contributed by atoms with Gasteiger partial charge in [-0.1, -0.05) is 15.9 Å². The fourth-order valence-electron chi connectivity index (χ4n) is 5.14. The number of alkyl halides is 1. The van der Waals surface area contributed by atoms with Crippen LogP contribution in [0.25, 0.3) is 0 Å². The zero-order valence-electron chi connectivity index (χ0n) is 10.9. The van der Waals surface area contributed by atoms with Crippen molar-refractivity contribution in [1.29, 1.82) is 0 Å². The third kappa shape index (κ3) is 2.30. The molecule has 1 N–H and O–H groups in total. The van der Waals surface area contributed by atoms with E-state index >= 15 is 0 Å². The van der Waals surface area contributed by atoms with Crippen LogP contribution in [0.4, 0.5) is 0 Å². The first kappa shape index (κ1) is 14.1. The average molecular weight is 323 g/mol. The smallest absolute Gasteiger partial charge is 0.0231 e. The molecule has 6 atom stereocenters. The van der Waals surface area contributed by atoms with Crippen LogP contribution in [0.1, 0.15) is 45.4 Å². The monoisotopic (exact) mass is 321 g/mol. The van der Waals surface area contributed by atoms with Crippen LogP contribution in [0.15, 0.2) is 0 Å². The Labute approximate surface area is 120 Å². The summed E-state index contributed by atoms with van der Waals surface area (Å²) in [5.41, 5.74) is 0.636. The summed E-state index contributed by atoms with van der Waals surface area (Å²) in [6.45, 7) is 2.35. The molecule has 4 fully saturated rings. The zero-order chi connectivity index (χ0) is 11.3. The van der Waals surface area contributed by atoms with Crippen LogP contribution in [-0.2, 0) is 0 Å². The SMILES string of the molecule is CNC(C)CC12C[C@@H]3CC(C[C@@H](C3)C1)C2Br.Cl. The quantitative estimate of drug-likeness (QED) is 0.775. The first-order valence-corrected chi connectivity index (χ1v) is 7.86. The summed E-state index contributed by atoms with van der Waals surface area (Å²) in [6, 6.07) is 0.677. The molecule has 0 aromatic carbocycles. The molecule has 0 aliphatic heterocycles. The van der Waals surface area contributed by atoms with Gasteiger partial charge in [0.15, 0.2) is 0 Å². The van der Waals surface area contributed by atoms with E-state index in [4.69, 9.17) is 0 Å². The van der Waals surface area contributed by atoms with Crippen LogP contribution in [0.5, 0.6) is 0 Å². The predicted molar refractivity (Wildman–Crippen MR) is 79.1 cm³/mol. The standard InChI is InChI=1S/C14H24BrN.ClH/c1-9(16-2)6-14-7-10-3-11(8-14)5-12(4-10)13(14)15;/h9-13,16H,3-8H2,1-2H3;1H/t9?,10-,11+,12?,13?,14?;. The van der Waals surface area contributed by atoms with Gasteiger partial charge in [-0.3, -0.25) is 0 Å². The molecule has 0 aromatic heterocycles. The van der Waals surface area contributed by atoms with Crippen LogP contribution < -0.4 is 5.32 Å². The zero-order valence-corrected chi connectivity index (χ0v) is 13.3. The maximum atomic E-state index is 4.07. The minimum atomic E-state index is 0. The molecule has 0 amide bonds. The highest BCUT2D eigenvalue weighted by atomic mass is 79.9. The minimum absolute atomic E-state index is 0.